The Kier molecular flexibility index (Phi) is 4.10. The quantitative estimate of drug-likeness (QED) is 0.634. The zero-order valence-electron chi connectivity index (χ0n) is 11.9. The third-order valence-corrected chi connectivity index (χ3v) is 5.43. The number of benzene rings is 1. The number of nitrogens with one attached hydrogen (secondary N) is 1. The van der Waals surface area contributed by atoms with Gasteiger partial charge in [0.25, 0.3) is 0 Å². The minimum Gasteiger partial charge on any atom is -0.331 e. The van der Waals surface area contributed by atoms with Crippen LogP contribution >= 0.6 is 38.6 Å². The van der Waals surface area contributed by atoms with E-state index in [2.05, 4.69) is 55.7 Å². The molecule has 2 heterocycles. The molecule has 2 aromatic heterocycles. The third-order valence-electron chi connectivity index (χ3n) is 3.08. The molecule has 0 spiro atoms. The van der Waals surface area contributed by atoms with Gasteiger partial charge in [0, 0.05) is 15.5 Å². The van der Waals surface area contributed by atoms with E-state index in [4.69, 9.17) is 0 Å². The number of thiazole rings is 2. The van der Waals surface area contributed by atoms with Gasteiger partial charge in [-0.2, -0.15) is 0 Å². The highest BCUT2D eigenvalue weighted by Gasteiger charge is 2.12. The lowest BCUT2D eigenvalue weighted by Gasteiger charge is -2.06. The van der Waals surface area contributed by atoms with Gasteiger partial charge in [0.05, 0.1) is 21.3 Å². The fourth-order valence-electron chi connectivity index (χ4n) is 2.05. The smallest absolute Gasteiger partial charge is 0.187 e. The number of aromatic nitrogens is 2. The second-order valence-electron chi connectivity index (χ2n) is 4.77. The van der Waals surface area contributed by atoms with Crippen LogP contribution in [-0.4, -0.2) is 9.97 Å². The van der Waals surface area contributed by atoms with E-state index in [1.54, 1.807) is 22.7 Å². The van der Waals surface area contributed by atoms with E-state index < -0.39 is 0 Å². The van der Waals surface area contributed by atoms with Crippen molar-refractivity contribution in [3.8, 4) is 10.6 Å². The molecule has 0 fully saturated rings. The second-order valence-corrected chi connectivity index (χ2v) is 7.75. The fraction of sp³-hybridized carbons (Fsp3) is 0.200. The Bertz CT molecular complexity index is 792. The summed E-state index contributed by atoms with van der Waals surface area (Å²) in [5.74, 6) is 0. The molecule has 0 radical (unpaired) electrons. The fourth-order valence-corrected chi connectivity index (χ4v) is 4.08. The Morgan fingerprint density at radius 1 is 1.14 bits per heavy atom. The minimum absolute atomic E-state index is 0.900. The molecule has 21 heavy (non-hydrogen) atoms. The molecule has 3 aromatic rings. The summed E-state index contributed by atoms with van der Waals surface area (Å²) >= 11 is 6.80. The van der Waals surface area contributed by atoms with Gasteiger partial charge < -0.3 is 5.32 Å². The molecule has 0 saturated heterocycles. The van der Waals surface area contributed by atoms with Crippen LogP contribution in [0.4, 0.5) is 10.8 Å². The first-order valence-corrected chi connectivity index (χ1v) is 8.95. The lowest BCUT2D eigenvalue weighted by Crippen LogP contribution is -1.92. The van der Waals surface area contributed by atoms with E-state index >= 15 is 0 Å². The van der Waals surface area contributed by atoms with Crippen molar-refractivity contribution < 1.29 is 0 Å². The molecule has 3 rings (SSSR count). The van der Waals surface area contributed by atoms with Crippen LogP contribution in [0.3, 0.4) is 0 Å². The molecule has 1 aromatic carbocycles. The van der Waals surface area contributed by atoms with E-state index in [0.717, 1.165) is 36.6 Å². The standard InChI is InChI=1S/C15H14BrN3S2/c1-8-4-5-11(16)6-12(8)18-15-19-13(7-20-15)14-9(2)17-10(3)21-14/h4-7H,1-3H3,(H,18,19). The van der Waals surface area contributed by atoms with Gasteiger partial charge in [-0.05, 0) is 38.5 Å². The molecule has 0 saturated carbocycles. The van der Waals surface area contributed by atoms with Crippen LogP contribution in [-0.2, 0) is 0 Å². The first-order valence-electron chi connectivity index (χ1n) is 6.46. The highest BCUT2D eigenvalue weighted by molar-refractivity contribution is 9.10. The average molecular weight is 380 g/mol. The number of nitrogens with zero attached hydrogens (tertiary/aromatic N) is 2. The average Bonchev–Trinajstić information content (AvgIpc) is 3.00. The molecule has 6 heteroatoms. The summed E-state index contributed by atoms with van der Waals surface area (Å²) in [5, 5.41) is 7.45. The summed E-state index contributed by atoms with van der Waals surface area (Å²) in [6.07, 6.45) is 0. The summed E-state index contributed by atoms with van der Waals surface area (Å²) in [4.78, 5) is 10.3. The van der Waals surface area contributed by atoms with Gasteiger partial charge in [-0.15, -0.1) is 22.7 Å². The Morgan fingerprint density at radius 2 is 1.95 bits per heavy atom. The van der Waals surface area contributed by atoms with E-state index in [0.29, 0.717) is 0 Å². The molecule has 0 unspecified atom stereocenters. The third kappa shape index (κ3) is 3.17. The zero-order chi connectivity index (χ0) is 15.0. The highest BCUT2D eigenvalue weighted by atomic mass is 79.9. The van der Waals surface area contributed by atoms with E-state index in [-0.39, 0.29) is 0 Å². The lowest BCUT2D eigenvalue weighted by molar-refractivity contribution is 1.20. The number of aryl methyl sites for hydroxylation is 3. The normalized spacial score (nSPS) is 10.9. The van der Waals surface area contributed by atoms with Crippen LogP contribution in [0.25, 0.3) is 10.6 Å². The van der Waals surface area contributed by atoms with Crippen molar-refractivity contribution >= 4 is 49.4 Å². The number of halogens is 1. The number of rotatable bonds is 3. The topological polar surface area (TPSA) is 37.8 Å². The Labute approximate surface area is 140 Å². The van der Waals surface area contributed by atoms with Gasteiger partial charge in [0.1, 0.15) is 0 Å². The van der Waals surface area contributed by atoms with Crippen molar-refractivity contribution in [2.45, 2.75) is 20.8 Å². The second kappa shape index (κ2) is 5.87. The van der Waals surface area contributed by atoms with Gasteiger partial charge in [-0.25, -0.2) is 9.97 Å². The van der Waals surface area contributed by atoms with Gasteiger partial charge in [-0.1, -0.05) is 22.0 Å². The Hall–Kier alpha value is -1.24. The largest absolute Gasteiger partial charge is 0.331 e. The maximum absolute atomic E-state index is 4.68. The molecule has 0 bridgehead atoms. The first kappa shape index (κ1) is 14.7. The summed E-state index contributed by atoms with van der Waals surface area (Å²) in [5.41, 5.74) is 4.31. The van der Waals surface area contributed by atoms with E-state index in [9.17, 15) is 0 Å². The van der Waals surface area contributed by atoms with Crippen LogP contribution in [0.5, 0.6) is 0 Å². The van der Waals surface area contributed by atoms with Crippen LogP contribution in [0.1, 0.15) is 16.3 Å². The summed E-state index contributed by atoms with van der Waals surface area (Å²) < 4.78 is 1.06. The van der Waals surface area contributed by atoms with Crippen molar-refractivity contribution in [1.82, 2.24) is 9.97 Å². The Morgan fingerprint density at radius 3 is 2.67 bits per heavy atom. The predicted molar refractivity (Wildman–Crippen MR) is 94.9 cm³/mol. The van der Waals surface area contributed by atoms with Crippen LogP contribution in [0.15, 0.2) is 28.1 Å². The molecule has 3 nitrogen and oxygen atoms in total. The van der Waals surface area contributed by atoms with Crippen molar-refractivity contribution in [3.63, 3.8) is 0 Å². The van der Waals surface area contributed by atoms with Gasteiger partial charge in [-0.3, -0.25) is 0 Å². The molecular weight excluding hydrogens is 366 g/mol. The molecule has 0 amide bonds. The maximum Gasteiger partial charge on any atom is 0.187 e. The van der Waals surface area contributed by atoms with Crippen molar-refractivity contribution in [2.24, 2.45) is 0 Å². The van der Waals surface area contributed by atoms with E-state index in [1.807, 2.05) is 19.9 Å². The van der Waals surface area contributed by atoms with Crippen LogP contribution < -0.4 is 5.32 Å². The van der Waals surface area contributed by atoms with Gasteiger partial charge >= 0.3 is 0 Å². The number of hydrogen-bond donors (Lipinski definition) is 1. The molecule has 0 atom stereocenters. The maximum atomic E-state index is 4.68. The molecule has 0 aliphatic carbocycles. The molecule has 108 valence electrons. The SMILES string of the molecule is Cc1nc(C)c(-c2csc(Nc3cc(Br)ccc3C)n2)s1. The molecular formula is C15H14BrN3S2. The van der Waals surface area contributed by atoms with Gasteiger partial charge in [0.2, 0.25) is 0 Å². The summed E-state index contributed by atoms with van der Waals surface area (Å²) in [6, 6.07) is 6.19. The van der Waals surface area contributed by atoms with E-state index in [1.165, 1.54) is 5.56 Å². The molecule has 1 N–H and O–H groups in total. The predicted octanol–water partition coefficient (Wildman–Crippen LogP) is 5.70. The summed E-state index contributed by atoms with van der Waals surface area (Å²) in [7, 11) is 0. The minimum atomic E-state index is 0.900. The van der Waals surface area contributed by atoms with Crippen molar-refractivity contribution in [3.05, 3.63) is 44.3 Å². The van der Waals surface area contributed by atoms with Crippen LogP contribution in [0, 0.1) is 20.8 Å². The molecule has 0 aliphatic heterocycles. The Balaban J connectivity index is 1.89. The van der Waals surface area contributed by atoms with Crippen molar-refractivity contribution in [2.75, 3.05) is 5.32 Å². The first-order chi connectivity index (χ1) is 10.0. The highest BCUT2D eigenvalue weighted by Crippen LogP contribution is 2.33. The summed E-state index contributed by atoms with van der Waals surface area (Å²) in [6.45, 7) is 6.14. The van der Waals surface area contributed by atoms with Gasteiger partial charge in [0.15, 0.2) is 5.13 Å². The van der Waals surface area contributed by atoms with Crippen molar-refractivity contribution in [1.29, 1.82) is 0 Å². The number of anilines is 2. The van der Waals surface area contributed by atoms with Crippen LogP contribution in [0.2, 0.25) is 0 Å². The lowest BCUT2D eigenvalue weighted by atomic mass is 10.2. The molecule has 0 aliphatic rings. The zero-order valence-corrected chi connectivity index (χ0v) is 15.1. The monoisotopic (exact) mass is 379 g/mol. The number of hydrogen-bond acceptors (Lipinski definition) is 5.